The summed E-state index contributed by atoms with van der Waals surface area (Å²) in [5.74, 6) is -0.174. The SMILES string of the molecule is C/C(O)=C\OC(=O)O. The van der Waals surface area contributed by atoms with Crippen LogP contribution in [0.5, 0.6) is 0 Å². The number of rotatable bonds is 1. The summed E-state index contributed by atoms with van der Waals surface area (Å²) in [4.78, 5) is 9.53. The molecule has 0 unspecified atom stereocenters. The van der Waals surface area contributed by atoms with Crippen LogP contribution in [0.2, 0.25) is 0 Å². The Balaban J connectivity index is 3.45. The van der Waals surface area contributed by atoms with E-state index in [1.807, 2.05) is 0 Å². The first-order chi connectivity index (χ1) is 3.63. The summed E-state index contributed by atoms with van der Waals surface area (Å²) in [6, 6.07) is 0. The van der Waals surface area contributed by atoms with Crippen LogP contribution in [0.1, 0.15) is 6.92 Å². The van der Waals surface area contributed by atoms with Crippen LogP contribution >= 0.6 is 0 Å². The molecule has 0 saturated heterocycles. The standard InChI is InChI=1S/C4H6O4/c1-3(5)2-8-4(6)7/h2,5H,1H3,(H,6,7)/b3-2+. The van der Waals surface area contributed by atoms with Crippen molar-refractivity contribution in [3.05, 3.63) is 12.0 Å². The zero-order valence-corrected chi connectivity index (χ0v) is 4.29. The molecule has 0 atom stereocenters. The molecule has 0 aromatic heterocycles. The quantitative estimate of drug-likeness (QED) is 0.399. The molecule has 0 aromatic carbocycles. The van der Waals surface area contributed by atoms with E-state index >= 15 is 0 Å². The van der Waals surface area contributed by atoms with E-state index in [4.69, 9.17) is 10.2 Å². The Morgan fingerprint density at radius 2 is 2.12 bits per heavy atom. The van der Waals surface area contributed by atoms with Crippen molar-refractivity contribution < 1.29 is 19.7 Å². The number of carboxylic acid groups (broad SMARTS) is 1. The summed E-state index contributed by atoms with van der Waals surface area (Å²) in [6.07, 6.45) is -0.694. The minimum absolute atomic E-state index is 0.174. The molecule has 0 aromatic rings. The zero-order valence-electron chi connectivity index (χ0n) is 4.29. The Labute approximate surface area is 46.0 Å². The molecule has 0 heterocycles. The van der Waals surface area contributed by atoms with Gasteiger partial charge < -0.3 is 14.9 Å². The normalized spacial score (nSPS) is 10.9. The lowest BCUT2D eigenvalue weighted by atomic mass is 10.7. The van der Waals surface area contributed by atoms with Crippen molar-refractivity contribution in [2.45, 2.75) is 6.92 Å². The largest absolute Gasteiger partial charge is 0.510 e. The fourth-order valence-electron chi connectivity index (χ4n) is 0.136. The lowest BCUT2D eigenvalue weighted by Gasteiger charge is -1.87. The lowest BCUT2D eigenvalue weighted by Crippen LogP contribution is -1.92. The fourth-order valence-corrected chi connectivity index (χ4v) is 0.136. The van der Waals surface area contributed by atoms with Crippen molar-refractivity contribution in [3.8, 4) is 0 Å². The molecule has 0 spiro atoms. The number of aliphatic hydroxyl groups is 1. The van der Waals surface area contributed by atoms with Gasteiger partial charge in [0.2, 0.25) is 0 Å². The third kappa shape index (κ3) is 4.81. The summed E-state index contributed by atoms with van der Waals surface area (Å²) in [5.41, 5.74) is 0. The van der Waals surface area contributed by atoms with E-state index in [1.54, 1.807) is 0 Å². The molecule has 0 amide bonds. The van der Waals surface area contributed by atoms with Crippen LogP contribution in [0.3, 0.4) is 0 Å². The van der Waals surface area contributed by atoms with Crippen LogP contribution in [0.4, 0.5) is 4.79 Å². The van der Waals surface area contributed by atoms with Crippen LogP contribution in [-0.4, -0.2) is 16.4 Å². The van der Waals surface area contributed by atoms with Gasteiger partial charge in [0.15, 0.2) is 0 Å². The minimum Gasteiger partial charge on any atom is -0.509 e. The number of hydrogen-bond donors (Lipinski definition) is 2. The van der Waals surface area contributed by atoms with Crippen molar-refractivity contribution in [2.75, 3.05) is 0 Å². The second-order valence-corrected chi connectivity index (χ2v) is 1.14. The Bertz CT molecular complexity index is 111. The van der Waals surface area contributed by atoms with Gasteiger partial charge in [-0.25, -0.2) is 4.79 Å². The molecular formula is C4H6O4. The van der Waals surface area contributed by atoms with Gasteiger partial charge in [0.1, 0.15) is 12.0 Å². The molecule has 2 N–H and O–H groups in total. The van der Waals surface area contributed by atoms with Gasteiger partial charge >= 0.3 is 6.16 Å². The van der Waals surface area contributed by atoms with E-state index in [-0.39, 0.29) is 5.76 Å². The molecule has 0 fully saturated rings. The van der Waals surface area contributed by atoms with Crippen LogP contribution in [-0.2, 0) is 4.74 Å². The summed E-state index contributed by atoms with van der Waals surface area (Å²) < 4.78 is 3.81. The maximum absolute atomic E-state index is 9.53. The van der Waals surface area contributed by atoms with Crippen LogP contribution < -0.4 is 0 Å². The Hall–Kier alpha value is -1.19. The summed E-state index contributed by atoms with van der Waals surface area (Å²) in [6.45, 7) is 1.31. The first kappa shape index (κ1) is 6.81. The summed E-state index contributed by atoms with van der Waals surface area (Å²) in [5, 5.41) is 16.1. The molecule has 4 nitrogen and oxygen atoms in total. The highest BCUT2D eigenvalue weighted by Gasteiger charge is 1.89. The summed E-state index contributed by atoms with van der Waals surface area (Å²) >= 11 is 0. The topological polar surface area (TPSA) is 66.8 Å². The molecular weight excluding hydrogens is 112 g/mol. The van der Waals surface area contributed by atoms with Crippen LogP contribution in [0.15, 0.2) is 12.0 Å². The maximum atomic E-state index is 9.53. The number of aliphatic hydroxyl groups excluding tert-OH is 1. The zero-order chi connectivity index (χ0) is 6.57. The van der Waals surface area contributed by atoms with Crippen molar-refractivity contribution >= 4 is 6.16 Å². The highest BCUT2D eigenvalue weighted by Crippen LogP contribution is 1.84. The highest BCUT2D eigenvalue weighted by molar-refractivity contribution is 5.57. The molecule has 8 heavy (non-hydrogen) atoms. The Kier molecular flexibility index (Phi) is 2.47. The number of carbonyl (C=O) groups is 1. The molecule has 0 aliphatic heterocycles. The number of ether oxygens (including phenoxy) is 1. The van der Waals surface area contributed by atoms with Crippen LogP contribution in [0, 0.1) is 0 Å². The lowest BCUT2D eigenvalue weighted by molar-refractivity contribution is 0.125. The molecule has 0 aliphatic rings. The second-order valence-electron chi connectivity index (χ2n) is 1.14. The molecule has 0 rings (SSSR count). The van der Waals surface area contributed by atoms with Gasteiger partial charge in [0, 0.05) is 0 Å². The van der Waals surface area contributed by atoms with E-state index in [2.05, 4.69) is 4.74 Å². The third-order valence-electron chi connectivity index (χ3n) is 0.330. The van der Waals surface area contributed by atoms with Crippen molar-refractivity contribution in [1.29, 1.82) is 0 Å². The predicted molar refractivity (Wildman–Crippen MR) is 25.5 cm³/mol. The first-order valence-electron chi connectivity index (χ1n) is 1.88. The fraction of sp³-hybridized carbons (Fsp3) is 0.250. The first-order valence-corrected chi connectivity index (χ1v) is 1.88. The molecule has 0 bridgehead atoms. The smallest absolute Gasteiger partial charge is 0.509 e. The van der Waals surface area contributed by atoms with Gasteiger partial charge in [-0.15, -0.1) is 0 Å². The maximum Gasteiger partial charge on any atom is 0.510 e. The van der Waals surface area contributed by atoms with E-state index in [1.165, 1.54) is 6.92 Å². The highest BCUT2D eigenvalue weighted by atomic mass is 16.7. The van der Waals surface area contributed by atoms with Gasteiger partial charge in [0.25, 0.3) is 0 Å². The molecule has 46 valence electrons. The number of hydrogen-bond acceptors (Lipinski definition) is 3. The van der Waals surface area contributed by atoms with E-state index < -0.39 is 6.16 Å². The van der Waals surface area contributed by atoms with Gasteiger partial charge in [-0.3, -0.25) is 0 Å². The predicted octanol–water partition coefficient (Wildman–Crippen LogP) is 1.10. The molecule has 0 radical (unpaired) electrons. The van der Waals surface area contributed by atoms with Gasteiger partial charge in [-0.1, -0.05) is 0 Å². The van der Waals surface area contributed by atoms with E-state index in [0.29, 0.717) is 0 Å². The average molecular weight is 118 g/mol. The third-order valence-corrected chi connectivity index (χ3v) is 0.330. The van der Waals surface area contributed by atoms with Crippen molar-refractivity contribution in [1.82, 2.24) is 0 Å². The monoisotopic (exact) mass is 118 g/mol. The van der Waals surface area contributed by atoms with Gasteiger partial charge in [0.05, 0.1) is 0 Å². The van der Waals surface area contributed by atoms with E-state index in [0.717, 1.165) is 6.26 Å². The second kappa shape index (κ2) is 2.90. The van der Waals surface area contributed by atoms with Gasteiger partial charge in [-0.2, -0.15) is 0 Å². The molecule has 0 saturated carbocycles. The van der Waals surface area contributed by atoms with Crippen LogP contribution in [0.25, 0.3) is 0 Å². The molecule has 0 aliphatic carbocycles. The van der Waals surface area contributed by atoms with E-state index in [9.17, 15) is 4.79 Å². The summed E-state index contributed by atoms with van der Waals surface area (Å²) in [7, 11) is 0. The number of allylic oxidation sites excluding steroid dienone is 1. The minimum atomic E-state index is -1.43. The van der Waals surface area contributed by atoms with Gasteiger partial charge in [-0.05, 0) is 6.92 Å². The molecule has 4 heteroatoms. The Morgan fingerprint density at radius 3 is 2.25 bits per heavy atom. The van der Waals surface area contributed by atoms with Crippen molar-refractivity contribution in [3.63, 3.8) is 0 Å². The van der Waals surface area contributed by atoms with Crippen molar-refractivity contribution in [2.24, 2.45) is 0 Å². The average Bonchev–Trinajstić information content (AvgIpc) is 1.61. The Morgan fingerprint density at radius 1 is 1.62 bits per heavy atom.